The molecule has 2 aromatic carbocycles. The van der Waals surface area contributed by atoms with Crippen molar-refractivity contribution in [3.63, 3.8) is 0 Å². The zero-order chi connectivity index (χ0) is 16.4. The lowest BCUT2D eigenvalue weighted by Crippen LogP contribution is -2.00. The van der Waals surface area contributed by atoms with Crippen molar-refractivity contribution in [1.29, 1.82) is 0 Å². The van der Waals surface area contributed by atoms with Crippen LogP contribution in [0, 0.1) is 4.77 Å². The summed E-state index contributed by atoms with van der Waals surface area (Å²) in [5, 5.41) is 18.2. The molecule has 1 N–H and O–H groups in total. The number of aromatic amines is 1. The van der Waals surface area contributed by atoms with Crippen LogP contribution in [-0.2, 0) is 6.42 Å². The molecule has 0 saturated carbocycles. The maximum absolute atomic E-state index is 5.31. The molecule has 0 saturated heterocycles. The number of benzene rings is 2. The van der Waals surface area contributed by atoms with Crippen LogP contribution in [0.3, 0.4) is 0 Å². The van der Waals surface area contributed by atoms with E-state index in [1.807, 2.05) is 22.9 Å². The van der Waals surface area contributed by atoms with Gasteiger partial charge in [-0.2, -0.15) is 26.2 Å². The Morgan fingerprint density at radius 1 is 1.17 bits per heavy atom. The number of hydrogen-bond donors (Lipinski definition) is 1. The van der Waals surface area contributed by atoms with E-state index in [0.29, 0.717) is 11.2 Å². The molecule has 4 aromatic rings. The molecular weight excluding hydrogens is 336 g/mol. The third kappa shape index (κ3) is 2.93. The molecule has 0 atom stereocenters. The summed E-state index contributed by atoms with van der Waals surface area (Å²) in [6.07, 6.45) is 2.46. The monoisotopic (exact) mass is 350 g/mol. The van der Waals surface area contributed by atoms with E-state index in [2.05, 4.69) is 51.7 Å². The minimum atomic E-state index is 0.497. The number of nitrogens with one attached hydrogen (secondary N) is 1. The van der Waals surface area contributed by atoms with Gasteiger partial charge in [-0.25, -0.2) is 0 Å². The summed E-state index contributed by atoms with van der Waals surface area (Å²) in [6.45, 7) is 0. The van der Waals surface area contributed by atoms with E-state index in [0.717, 1.165) is 11.4 Å². The highest BCUT2D eigenvalue weighted by Gasteiger charge is 2.08. The topological polar surface area (TPSA) is 46.0 Å². The molecule has 118 valence electrons. The third-order valence-electron chi connectivity index (χ3n) is 3.81. The summed E-state index contributed by atoms with van der Waals surface area (Å²) < 4.78 is 2.19. The molecule has 24 heavy (non-hydrogen) atoms. The van der Waals surface area contributed by atoms with Gasteiger partial charge in [-0.3, -0.25) is 5.10 Å². The van der Waals surface area contributed by atoms with E-state index in [1.54, 1.807) is 22.2 Å². The molecular formula is C18H14N4S2. The highest BCUT2D eigenvalue weighted by atomic mass is 32.1. The van der Waals surface area contributed by atoms with Gasteiger partial charge in [-0.15, -0.1) is 0 Å². The number of hydrogen-bond acceptors (Lipinski definition) is 4. The van der Waals surface area contributed by atoms with Crippen molar-refractivity contribution in [3.8, 4) is 0 Å². The lowest BCUT2D eigenvalue weighted by molar-refractivity contribution is 0.793. The molecule has 6 heteroatoms. The number of fused-ring (bicyclic) bond motifs is 1. The first kappa shape index (κ1) is 15.0. The molecule has 0 bridgehead atoms. The Morgan fingerprint density at radius 2 is 2.04 bits per heavy atom. The average molecular weight is 350 g/mol. The predicted molar refractivity (Wildman–Crippen MR) is 101 cm³/mol. The first-order chi connectivity index (χ1) is 11.8. The summed E-state index contributed by atoms with van der Waals surface area (Å²) in [5.74, 6) is 0.794. The number of nitrogens with zero attached hydrogens (tertiary/aromatic N) is 3. The van der Waals surface area contributed by atoms with Gasteiger partial charge >= 0.3 is 0 Å². The summed E-state index contributed by atoms with van der Waals surface area (Å²) in [6, 6.07) is 16.7. The highest BCUT2D eigenvalue weighted by Crippen LogP contribution is 2.20. The Bertz CT molecular complexity index is 1050. The molecule has 0 aliphatic heterocycles. The molecule has 2 aromatic heterocycles. The van der Waals surface area contributed by atoms with Crippen molar-refractivity contribution in [2.45, 2.75) is 6.42 Å². The SMILES string of the molecule is S=c1[nH]nc(Cc2cccc3ccccc23)n1/N=C\c1ccsc1. The van der Waals surface area contributed by atoms with Crippen molar-refractivity contribution >= 4 is 40.5 Å². The number of thiophene rings is 1. The standard InChI is InChI=1S/C18H14N4S2/c23-18-21-20-17(22(18)19-11-13-8-9-24-12-13)10-15-6-3-5-14-4-1-2-7-16(14)15/h1-9,11-12H,10H2,(H,21,23)/b19-11-. The molecule has 2 heterocycles. The molecule has 0 amide bonds. The Kier molecular flexibility index (Phi) is 4.06. The van der Waals surface area contributed by atoms with Crippen LogP contribution >= 0.6 is 23.6 Å². The van der Waals surface area contributed by atoms with Gasteiger partial charge < -0.3 is 0 Å². The number of rotatable bonds is 4. The second-order valence-electron chi connectivity index (χ2n) is 5.37. The van der Waals surface area contributed by atoms with Gasteiger partial charge in [0.05, 0.1) is 6.21 Å². The van der Waals surface area contributed by atoms with Crippen molar-refractivity contribution in [2.24, 2.45) is 5.10 Å². The predicted octanol–water partition coefficient (Wildman–Crippen LogP) is 4.63. The maximum atomic E-state index is 5.31. The van der Waals surface area contributed by atoms with Crippen LogP contribution < -0.4 is 0 Å². The van der Waals surface area contributed by atoms with E-state index < -0.39 is 0 Å². The molecule has 4 nitrogen and oxygen atoms in total. The lowest BCUT2D eigenvalue weighted by Gasteiger charge is -2.06. The Morgan fingerprint density at radius 3 is 2.92 bits per heavy atom. The van der Waals surface area contributed by atoms with Gasteiger partial charge in [0.25, 0.3) is 0 Å². The average Bonchev–Trinajstić information content (AvgIpc) is 3.24. The van der Waals surface area contributed by atoms with E-state index in [-0.39, 0.29) is 0 Å². The summed E-state index contributed by atoms with van der Waals surface area (Å²) in [4.78, 5) is 0. The Hall–Kier alpha value is -2.57. The first-order valence-electron chi connectivity index (χ1n) is 7.51. The molecule has 0 aliphatic rings. The zero-order valence-corrected chi connectivity index (χ0v) is 14.3. The largest absolute Gasteiger partial charge is 0.250 e. The van der Waals surface area contributed by atoms with Crippen molar-refractivity contribution in [2.75, 3.05) is 0 Å². The molecule has 0 unspecified atom stereocenters. The van der Waals surface area contributed by atoms with E-state index >= 15 is 0 Å². The number of aromatic nitrogens is 3. The third-order valence-corrected chi connectivity index (χ3v) is 4.78. The van der Waals surface area contributed by atoms with Crippen LogP contribution in [0.25, 0.3) is 10.8 Å². The van der Waals surface area contributed by atoms with Crippen LogP contribution in [0.4, 0.5) is 0 Å². The smallest absolute Gasteiger partial charge is 0.216 e. The number of H-pyrrole nitrogens is 1. The van der Waals surface area contributed by atoms with Crippen LogP contribution in [0.1, 0.15) is 17.0 Å². The fourth-order valence-electron chi connectivity index (χ4n) is 2.65. The van der Waals surface area contributed by atoms with Crippen molar-refractivity contribution in [3.05, 3.63) is 81.0 Å². The molecule has 0 spiro atoms. The van der Waals surface area contributed by atoms with Gasteiger partial charge in [0.15, 0.2) is 5.82 Å². The fraction of sp³-hybridized carbons (Fsp3) is 0.0556. The van der Waals surface area contributed by atoms with Gasteiger partial charge in [0, 0.05) is 12.0 Å². The van der Waals surface area contributed by atoms with Crippen molar-refractivity contribution in [1.82, 2.24) is 14.9 Å². The van der Waals surface area contributed by atoms with E-state index in [9.17, 15) is 0 Å². The van der Waals surface area contributed by atoms with E-state index in [4.69, 9.17) is 12.2 Å². The van der Waals surface area contributed by atoms with E-state index in [1.165, 1.54) is 16.3 Å². The maximum Gasteiger partial charge on any atom is 0.216 e. The minimum Gasteiger partial charge on any atom is -0.250 e. The Labute approximate surface area is 148 Å². The van der Waals surface area contributed by atoms with Gasteiger partial charge in [-0.1, -0.05) is 42.5 Å². The molecule has 0 aliphatic carbocycles. The minimum absolute atomic E-state index is 0.497. The quantitative estimate of drug-likeness (QED) is 0.431. The first-order valence-corrected chi connectivity index (χ1v) is 8.86. The van der Waals surface area contributed by atoms with Crippen LogP contribution in [0.5, 0.6) is 0 Å². The van der Waals surface area contributed by atoms with Crippen LogP contribution in [0.15, 0.2) is 64.4 Å². The van der Waals surface area contributed by atoms with Crippen LogP contribution in [-0.4, -0.2) is 21.1 Å². The second-order valence-corrected chi connectivity index (χ2v) is 6.54. The molecule has 0 radical (unpaired) electrons. The summed E-state index contributed by atoms with van der Waals surface area (Å²) >= 11 is 6.95. The molecule has 4 rings (SSSR count). The van der Waals surface area contributed by atoms with Crippen LogP contribution in [0.2, 0.25) is 0 Å². The zero-order valence-electron chi connectivity index (χ0n) is 12.7. The normalized spacial score (nSPS) is 11.5. The van der Waals surface area contributed by atoms with Gasteiger partial charge in [-0.05, 0) is 45.4 Å². The van der Waals surface area contributed by atoms with Gasteiger partial charge in [0.2, 0.25) is 4.77 Å². The van der Waals surface area contributed by atoms with Crippen molar-refractivity contribution < 1.29 is 0 Å². The summed E-state index contributed by atoms with van der Waals surface area (Å²) in [7, 11) is 0. The molecule has 0 fully saturated rings. The fourth-order valence-corrected chi connectivity index (χ4v) is 3.46. The Balaban J connectivity index is 1.71. The summed E-state index contributed by atoms with van der Waals surface area (Å²) in [5.41, 5.74) is 2.26. The van der Waals surface area contributed by atoms with Gasteiger partial charge in [0.1, 0.15) is 0 Å². The second kappa shape index (κ2) is 6.51. The highest BCUT2D eigenvalue weighted by molar-refractivity contribution is 7.71. The lowest BCUT2D eigenvalue weighted by atomic mass is 10.0.